The fourth-order valence-electron chi connectivity index (χ4n) is 3.74. The van der Waals surface area contributed by atoms with Crippen molar-refractivity contribution in [1.29, 1.82) is 0 Å². The van der Waals surface area contributed by atoms with Gasteiger partial charge in [0, 0.05) is 19.5 Å². The molecule has 1 aliphatic heterocycles. The van der Waals surface area contributed by atoms with Gasteiger partial charge < -0.3 is 5.32 Å². The first kappa shape index (κ1) is 20.7. The molecule has 1 amide bonds. The Balaban J connectivity index is 1.32. The van der Waals surface area contributed by atoms with E-state index >= 15 is 0 Å². The van der Waals surface area contributed by atoms with Crippen LogP contribution in [0, 0.1) is 12.7 Å². The van der Waals surface area contributed by atoms with E-state index in [-0.39, 0.29) is 11.7 Å². The van der Waals surface area contributed by atoms with Crippen molar-refractivity contribution >= 4 is 17.2 Å². The van der Waals surface area contributed by atoms with Gasteiger partial charge in [0.05, 0.1) is 10.7 Å². The number of carbonyl (C=O) groups excluding carboxylic acids is 1. The van der Waals surface area contributed by atoms with E-state index in [0.717, 1.165) is 28.4 Å². The summed E-state index contributed by atoms with van der Waals surface area (Å²) in [6.07, 6.45) is 3.19. The fraction of sp³-hybridized carbons (Fsp3) is 0.333. The molecule has 1 aromatic heterocycles. The maximum atomic E-state index is 13.1. The zero-order valence-corrected chi connectivity index (χ0v) is 18.0. The number of hydrogen-bond acceptors (Lipinski definition) is 4. The molecular weight excluding hydrogens is 397 g/mol. The zero-order chi connectivity index (χ0) is 20.9. The largest absolute Gasteiger partial charge is 0.347 e. The van der Waals surface area contributed by atoms with Crippen LogP contribution in [0.1, 0.15) is 49.9 Å². The highest BCUT2D eigenvalue weighted by Crippen LogP contribution is 2.21. The van der Waals surface area contributed by atoms with Gasteiger partial charge in [-0.3, -0.25) is 9.69 Å². The Morgan fingerprint density at radius 3 is 2.37 bits per heavy atom. The molecule has 2 aromatic carbocycles. The summed E-state index contributed by atoms with van der Waals surface area (Å²) in [5.74, 6) is -0.352. The van der Waals surface area contributed by atoms with Crippen molar-refractivity contribution in [3.8, 4) is 0 Å². The number of nitrogens with zero attached hydrogens (tertiary/aromatic N) is 2. The number of thiazole rings is 1. The number of halogens is 1. The molecule has 1 aliphatic rings. The van der Waals surface area contributed by atoms with Crippen LogP contribution in [0.25, 0.3) is 0 Å². The molecular formula is C24H26FN3OS. The predicted octanol–water partition coefficient (Wildman–Crippen LogP) is 4.71. The van der Waals surface area contributed by atoms with Crippen molar-refractivity contribution in [3.63, 3.8) is 0 Å². The van der Waals surface area contributed by atoms with Crippen LogP contribution in [0.15, 0.2) is 48.5 Å². The lowest BCUT2D eigenvalue weighted by molar-refractivity contribution is 0.0954. The third kappa shape index (κ3) is 5.32. The van der Waals surface area contributed by atoms with Crippen LogP contribution in [0.5, 0.6) is 0 Å². The first-order valence-corrected chi connectivity index (χ1v) is 11.2. The number of carbonyl (C=O) groups is 1. The number of aromatic nitrogens is 1. The Morgan fingerprint density at radius 2 is 1.67 bits per heavy atom. The van der Waals surface area contributed by atoms with Crippen molar-refractivity contribution < 1.29 is 9.18 Å². The number of nitrogens with one attached hydrogen (secondary N) is 1. The Labute approximate surface area is 180 Å². The summed E-state index contributed by atoms with van der Waals surface area (Å²) in [4.78, 5) is 20.3. The third-order valence-electron chi connectivity index (χ3n) is 5.40. The molecule has 0 atom stereocenters. The van der Waals surface area contributed by atoms with Gasteiger partial charge in [-0.25, -0.2) is 9.37 Å². The number of amides is 1. The van der Waals surface area contributed by atoms with E-state index in [9.17, 15) is 9.18 Å². The highest BCUT2D eigenvalue weighted by Gasteiger charge is 2.16. The number of benzene rings is 2. The van der Waals surface area contributed by atoms with Gasteiger partial charge in [-0.2, -0.15) is 0 Å². The normalized spacial score (nSPS) is 14.2. The molecule has 0 saturated carbocycles. The van der Waals surface area contributed by atoms with Gasteiger partial charge in [-0.15, -0.1) is 11.3 Å². The average Bonchev–Trinajstić information content (AvgIpc) is 3.38. The summed E-state index contributed by atoms with van der Waals surface area (Å²) in [7, 11) is 0. The summed E-state index contributed by atoms with van der Waals surface area (Å²) in [5.41, 5.74) is 4.11. The monoisotopic (exact) mass is 423 g/mol. The van der Waals surface area contributed by atoms with E-state index in [2.05, 4.69) is 39.5 Å². The Morgan fingerprint density at radius 1 is 1.03 bits per heavy atom. The van der Waals surface area contributed by atoms with E-state index in [1.165, 1.54) is 55.0 Å². The van der Waals surface area contributed by atoms with Crippen LogP contribution >= 0.6 is 11.3 Å². The first-order chi connectivity index (χ1) is 14.6. The van der Waals surface area contributed by atoms with E-state index in [1.54, 1.807) is 12.1 Å². The van der Waals surface area contributed by atoms with Crippen LogP contribution in [-0.2, 0) is 19.5 Å². The van der Waals surface area contributed by atoms with Crippen molar-refractivity contribution in [1.82, 2.24) is 15.2 Å². The molecule has 0 spiro atoms. The van der Waals surface area contributed by atoms with Crippen molar-refractivity contribution in [2.24, 2.45) is 0 Å². The molecule has 30 heavy (non-hydrogen) atoms. The molecule has 1 N–H and O–H groups in total. The average molecular weight is 424 g/mol. The minimum atomic E-state index is -0.252. The van der Waals surface area contributed by atoms with Gasteiger partial charge in [-0.05, 0) is 61.7 Å². The summed E-state index contributed by atoms with van der Waals surface area (Å²) in [5, 5.41) is 3.86. The summed E-state index contributed by atoms with van der Waals surface area (Å²) in [6, 6.07) is 14.9. The molecule has 0 radical (unpaired) electrons. The van der Waals surface area contributed by atoms with Crippen molar-refractivity contribution in [3.05, 3.63) is 86.6 Å². The lowest BCUT2D eigenvalue weighted by atomic mass is 10.1. The molecule has 0 bridgehead atoms. The summed E-state index contributed by atoms with van der Waals surface area (Å²) in [6.45, 7) is 5.73. The number of hydrogen-bond donors (Lipinski definition) is 1. The fourth-order valence-corrected chi connectivity index (χ4v) is 4.75. The second kappa shape index (κ2) is 9.49. The second-order valence-electron chi connectivity index (χ2n) is 7.81. The van der Waals surface area contributed by atoms with Gasteiger partial charge in [0.2, 0.25) is 0 Å². The summed E-state index contributed by atoms with van der Waals surface area (Å²) >= 11 is 1.40. The number of likely N-dealkylation sites (tertiary alicyclic amines) is 1. The number of rotatable bonds is 7. The van der Waals surface area contributed by atoms with Gasteiger partial charge in [0.1, 0.15) is 10.7 Å². The second-order valence-corrected chi connectivity index (χ2v) is 8.89. The maximum Gasteiger partial charge on any atom is 0.263 e. The topological polar surface area (TPSA) is 45.2 Å². The van der Waals surface area contributed by atoms with Crippen molar-refractivity contribution in [2.75, 3.05) is 13.1 Å². The minimum absolute atomic E-state index is 0.100. The van der Waals surface area contributed by atoms with Crippen LogP contribution < -0.4 is 5.32 Å². The maximum absolute atomic E-state index is 13.1. The molecule has 156 valence electrons. The predicted molar refractivity (Wildman–Crippen MR) is 118 cm³/mol. The quantitative estimate of drug-likeness (QED) is 0.599. The molecule has 4 nitrogen and oxygen atoms in total. The molecule has 4 rings (SSSR count). The molecule has 1 saturated heterocycles. The summed E-state index contributed by atoms with van der Waals surface area (Å²) < 4.78 is 13.1. The minimum Gasteiger partial charge on any atom is -0.347 e. The van der Waals surface area contributed by atoms with Gasteiger partial charge >= 0.3 is 0 Å². The number of aryl methyl sites for hydroxylation is 1. The molecule has 2 heterocycles. The standard InChI is InChI=1S/C24H26FN3OS/c1-17-23(30-22(27-17)14-18-8-10-21(25)11-9-18)24(29)26-15-19-4-6-20(7-5-19)16-28-12-2-3-13-28/h4-11H,2-3,12-16H2,1H3,(H,26,29). The third-order valence-corrected chi connectivity index (χ3v) is 6.55. The van der Waals surface area contributed by atoms with E-state index in [0.29, 0.717) is 17.8 Å². The lowest BCUT2D eigenvalue weighted by Crippen LogP contribution is -2.22. The van der Waals surface area contributed by atoms with E-state index in [4.69, 9.17) is 0 Å². The smallest absolute Gasteiger partial charge is 0.263 e. The molecule has 6 heteroatoms. The van der Waals surface area contributed by atoms with Gasteiger partial charge in [-0.1, -0.05) is 36.4 Å². The van der Waals surface area contributed by atoms with Gasteiger partial charge in [0.15, 0.2) is 0 Å². The first-order valence-electron chi connectivity index (χ1n) is 10.4. The van der Waals surface area contributed by atoms with E-state index in [1.807, 2.05) is 6.92 Å². The Hall–Kier alpha value is -2.57. The van der Waals surface area contributed by atoms with Crippen molar-refractivity contribution in [2.45, 2.75) is 39.3 Å². The SMILES string of the molecule is Cc1nc(Cc2ccc(F)cc2)sc1C(=O)NCc1ccc(CN2CCCC2)cc1. The molecule has 1 fully saturated rings. The highest BCUT2D eigenvalue weighted by molar-refractivity contribution is 7.13. The molecule has 3 aromatic rings. The van der Waals surface area contributed by atoms with Crippen LogP contribution in [0.2, 0.25) is 0 Å². The van der Waals surface area contributed by atoms with Crippen LogP contribution in [0.4, 0.5) is 4.39 Å². The highest BCUT2D eigenvalue weighted by atomic mass is 32.1. The molecule has 0 aliphatic carbocycles. The van der Waals surface area contributed by atoms with Crippen LogP contribution in [0.3, 0.4) is 0 Å². The van der Waals surface area contributed by atoms with Gasteiger partial charge in [0.25, 0.3) is 5.91 Å². The van der Waals surface area contributed by atoms with E-state index < -0.39 is 0 Å². The Kier molecular flexibility index (Phi) is 6.55. The molecule has 0 unspecified atom stereocenters. The lowest BCUT2D eigenvalue weighted by Gasteiger charge is -2.14. The van der Waals surface area contributed by atoms with Crippen LogP contribution in [-0.4, -0.2) is 28.9 Å². The Bertz CT molecular complexity index is 992. The zero-order valence-electron chi connectivity index (χ0n) is 17.2.